The van der Waals surface area contributed by atoms with Crippen LogP contribution in [-0.2, 0) is 14.2 Å². The molecule has 0 aliphatic carbocycles. The van der Waals surface area contributed by atoms with Gasteiger partial charge in [0.2, 0.25) is 0 Å². The molecule has 0 bridgehead atoms. The largest absolute Gasteiger partial charge is 0.394 e. The molecule has 0 amide bonds. The van der Waals surface area contributed by atoms with Gasteiger partial charge >= 0.3 is 5.97 Å². The molecule has 11 N–H and O–H groups in total. The van der Waals surface area contributed by atoms with Gasteiger partial charge in [0.1, 0.15) is 42.7 Å². The van der Waals surface area contributed by atoms with Crippen LogP contribution >= 0.6 is 0 Å². The molecule has 10 atom stereocenters. The van der Waals surface area contributed by atoms with Crippen LogP contribution in [0.3, 0.4) is 0 Å². The quantitative estimate of drug-likeness (QED) is 0.215. The molecule has 0 spiro atoms. The first kappa shape index (κ1) is 19.8. The second kappa shape index (κ2) is 7.41. The van der Waals surface area contributed by atoms with Crippen LogP contribution in [-0.4, -0.2) is 110 Å². The Kier molecular flexibility index (Phi) is 6.12. The molecule has 0 radical (unpaired) electrons. The van der Waals surface area contributed by atoms with Gasteiger partial charge in [0.05, 0.1) is 19.3 Å². The molecule has 2 aliphatic rings. The van der Waals surface area contributed by atoms with Gasteiger partial charge in [0, 0.05) is 0 Å². The summed E-state index contributed by atoms with van der Waals surface area (Å²) in [5.74, 6) is -2.71. The van der Waals surface area contributed by atoms with Crippen molar-refractivity contribution in [2.75, 3.05) is 13.2 Å². The molecular formula is C12H24N2O10. The third-order valence-electron chi connectivity index (χ3n) is 4.23. The van der Waals surface area contributed by atoms with Crippen LogP contribution in [0.15, 0.2) is 0 Å². The molecule has 12 heteroatoms. The van der Waals surface area contributed by atoms with Crippen LogP contribution in [0.1, 0.15) is 0 Å². The molecule has 142 valence electrons. The summed E-state index contributed by atoms with van der Waals surface area (Å²) in [5, 5.41) is 67.9. The number of hydrogen-bond acceptors (Lipinski definition) is 12. The lowest BCUT2D eigenvalue weighted by molar-refractivity contribution is -0.462. The predicted octanol–water partition coefficient (Wildman–Crippen LogP) is -6.14. The second-order valence-corrected chi connectivity index (χ2v) is 5.88. The Morgan fingerprint density at radius 2 is 1.42 bits per heavy atom. The topological polar surface area (TPSA) is 221 Å². The van der Waals surface area contributed by atoms with Crippen molar-refractivity contribution in [2.45, 2.75) is 61.0 Å². The van der Waals surface area contributed by atoms with Crippen molar-refractivity contribution in [1.29, 1.82) is 0 Å². The van der Waals surface area contributed by atoms with Crippen molar-refractivity contribution in [1.82, 2.24) is 0 Å². The smallest absolute Gasteiger partial charge is 0.302 e. The van der Waals surface area contributed by atoms with E-state index in [0.29, 0.717) is 0 Å². The van der Waals surface area contributed by atoms with Crippen molar-refractivity contribution in [3.05, 3.63) is 0 Å². The standard InChI is InChI=1S/C12H24N2O10/c13-5-8(19)6(17)3(1-15)22-11(5)24-12(21)10(14)9(20)7(18)4(2-16)23-12/h3-11,15-21H,1-2,13-14H2/t3-,4-,5+,6-,7+,8-,9+,10-,11?,12?/m1/s1. The molecule has 2 rings (SSSR count). The number of hydrogen-bond donors (Lipinski definition) is 9. The number of aliphatic hydroxyl groups excluding tert-OH is 6. The van der Waals surface area contributed by atoms with Crippen LogP contribution in [0, 0.1) is 0 Å². The Labute approximate surface area is 136 Å². The highest BCUT2D eigenvalue weighted by Crippen LogP contribution is 2.32. The monoisotopic (exact) mass is 356 g/mol. The average molecular weight is 356 g/mol. The zero-order valence-corrected chi connectivity index (χ0v) is 12.6. The minimum Gasteiger partial charge on any atom is -0.394 e. The van der Waals surface area contributed by atoms with Crippen molar-refractivity contribution in [2.24, 2.45) is 11.5 Å². The Morgan fingerprint density at radius 1 is 0.875 bits per heavy atom. The molecule has 2 fully saturated rings. The minimum atomic E-state index is -2.71. The van der Waals surface area contributed by atoms with Gasteiger partial charge in [-0.1, -0.05) is 0 Å². The SMILES string of the molecule is N[C@@H]1C(OC2(O)O[C@H](CO)[C@H](O)[C@H](O)[C@H]2N)O[C@H](CO)[C@@H](O)[C@@H]1O. The fourth-order valence-corrected chi connectivity index (χ4v) is 2.64. The molecule has 12 nitrogen and oxygen atoms in total. The Morgan fingerprint density at radius 3 is 1.96 bits per heavy atom. The fourth-order valence-electron chi connectivity index (χ4n) is 2.64. The molecule has 0 aromatic carbocycles. The third kappa shape index (κ3) is 3.41. The van der Waals surface area contributed by atoms with E-state index < -0.39 is 74.2 Å². The van der Waals surface area contributed by atoms with E-state index in [9.17, 15) is 25.5 Å². The highest BCUT2D eigenvalue weighted by molar-refractivity contribution is 4.97. The van der Waals surface area contributed by atoms with Gasteiger partial charge in [-0.25, -0.2) is 0 Å². The lowest BCUT2D eigenvalue weighted by atomic mass is 9.95. The lowest BCUT2D eigenvalue weighted by Gasteiger charge is -2.48. The van der Waals surface area contributed by atoms with E-state index in [1.165, 1.54) is 0 Å². The fraction of sp³-hybridized carbons (Fsp3) is 1.00. The molecule has 0 saturated carbocycles. The first-order chi connectivity index (χ1) is 11.2. The molecule has 2 aliphatic heterocycles. The van der Waals surface area contributed by atoms with Crippen LogP contribution in [0.2, 0.25) is 0 Å². The van der Waals surface area contributed by atoms with Crippen molar-refractivity contribution >= 4 is 0 Å². The number of rotatable bonds is 4. The van der Waals surface area contributed by atoms with Crippen molar-refractivity contribution < 1.29 is 50.0 Å². The molecule has 2 heterocycles. The maximum Gasteiger partial charge on any atom is 0.302 e. The minimum absolute atomic E-state index is 0.670. The average Bonchev–Trinajstić information content (AvgIpc) is 2.57. The maximum atomic E-state index is 10.4. The highest BCUT2D eigenvalue weighted by Gasteiger charge is 2.56. The number of ether oxygens (including phenoxy) is 3. The molecule has 24 heavy (non-hydrogen) atoms. The molecular weight excluding hydrogens is 332 g/mol. The van der Waals surface area contributed by atoms with E-state index >= 15 is 0 Å². The molecule has 2 saturated heterocycles. The summed E-state index contributed by atoms with van der Waals surface area (Å²) in [4.78, 5) is 0. The van der Waals surface area contributed by atoms with Crippen LogP contribution in [0.4, 0.5) is 0 Å². The van der Waals surface area contributed by atoms with Gasteiger partial charge < -0.3 is 56.7 Å². The summed E-state index contributed by atoms with van der Waals surface area (Å²) in [5.41, 5.74) is 11.3. The van der Waals surface area contributed by atoms with Gasteiger partial charge in [-0.15, -0.1) is 0 Å². The van der Waals surface area contributed by atoms with E-state index in [-0.39, 0.29) is 0 Å². The van der Waals surface area contributed by atoms with E-state index in [0.717, 1.165) is 0 Å². The molecule has 0 aromatic heterocycles. The highest BCUT2D eigenvalue weighted by atomic mass is 16.9. The Balaban J connectivity index is 2.18. The van der Waals surface area contributed by atoms with Crippen LogP contribution in [0.25, 0.3) is 0 Å². The Bertz CT molecular complexity index is 427. The second-order valence-electron chi connectivity index (χ2n) is 5.88. The summed E-state index contributed by atoms with van der Waals surface area (Å²) in [6, 6.07) is -3.01. The summed E-state index contributed by atoms with van der Waals surface area (Å²) < 4.78 is 15.3. The third-order valence-corrected chi connectivity index (χ3v) is 4.23. The van der Waals surface area contributed by atoms with Crippen LogP contribution < -0.4 is 11.5 Å². The van der Waals surface area contributed by atoms with Crippen molar-refractivity contribution in [3.8, 4) is 0 Å². The lowest BCUT2D eigenvalue weighted by Crippen LogP contribution is -2.72. The predicted molar refractivity (Wildman–Crippen MR) is 73.7 cm³/mol. The van der Waals surface area contributed by atoms with Gasteiger partial charge in [-0.05, 0) is 0 Å². The van der Waals surface area contributed by atoms with Gasteiger partial charge in [-0.2, -0.15) is 0 Å². The summed E-state index contributed by atoms with van der Waals surface area (Å²) in [6.45, 7) is -1.43. The van der Waals surface area contributed by atoms with E-state index in [4.69, 9.17) is 35.9 Å². The van der Waals surface area contributed by atoms with E-state index in [1.807, 2.05) is 0 Å². The zero-order chi connectivity index (χ0) is 18.2. The van der Waals surface area contributed by atoms with E-state index in [1.54, 1.807) is 0 Å². The van der Waals surface area contributed by atoms with Gasteiger partial charge in [0.15, 0.2) is 6.29 Å². The van der Waals surface area contributed by atoms with Crippen LogP contribution in [0.5, 0.6) is 0 Å². The van der Waals surface area contributed by atoms with Gasteiger partial charge in [0.25, 0.3) is 0 Å². The normalized spacial score (nSPS) is 53.1. The molecule has 0 aromatic rings. The zero-order valence-electron chi connectivity index (χ0n) is 12.6. The maximum absolute atomic E-state index is 10.4. The first-order valence-corrected chi connectivity index (χ1v) is 7.35. The summed E-state index contributed by atoms with van der Waals surface area (Å²) in [6.07, 6.45) is -10.5. The summed E-state index contributed by atoms with van der Waals surface area (Å²) in [7, 11) is 0. The number of aliphatic hydroxyl groups is 7. The van der Waals surface area contributed by atoms with Gasteiger partial charge in [-0.3, -0.25) is 4.74 Å². The first-order valence-electron chi connectivity index (χ1n) is 7.35. The Hall–Kier alpha value is -0.480. The van der Waals surface area contributed by atoms with Crippen molar-refractivity contribution in [3.63, 3.8) is 0 Å². The number of nitrogens with two attached hydrogens (primary N) is 2. The van der Waals surface area contributed by atoms with E-state index in [2.05, 4.69) is 0 Å². The molecule has 2 unspecified atom stereocenters. The summed E-state index contributed by atoms with van der Waals surface area (Å²) >= 11 is 0.